The largest absolute Gasteiger partial charge is 0.457 e. The van der Waals surface area contributed by atoms with E-state index in [0.29, 0.717) is 28.0 Å². The van der Waals surface area contributed by atoms with E-state index in [0.717, 1.165) is 25.9 Å². The van der Waals surface area contributed by atoms with Crippen molar-refractivity contribution in [2.24, 2.45) is 11.3 Å². The molecule has 0 spiro atoms. The molecule has 2 aromatic carbocycles. The van der Waals surface area contributed by atoms with Crippen molar-refractivity contribution in [2.75, 3.05) is 13.1 Å². The third-order valence-corrected chi connectivity index (χ3v) is 4.92. The Balaban J connectivity index is 1.97. The van der Waals surface area contributed by atoms with Gasteiger partial charge in [-0.05, 0) is 49.6 Å². The van der Waals surface area contributed by atoms with Crippen LogP contribution in [0.5, 0.6) is 11.5 Å². The minimum atomic E-state index is -0.364. The fraction of sp³-hybridized carbons (Fsp3) is 0.381. The predicted octanol–water partition coefficient (Wildman–Crippen LogP) is 5.34. The first-order chi connectivity index (χ1) is 12.0. The van der Waals surface area contributed by atoms with Gasteiger partial charge < -0.3 is 10.1 Å². The van der Waals surface area contributed by atoms with E-state index in [1.807, 2.05) is 30.3 Å². The molecule has 132 valence electrons. The summed E-state index contributed by atoms with van der Waals surface area (Å²) in [7, 11) is 0. The van der Waals surface area contributed by atoms with Crippen LogP contribution in [0.25, 0.3) is 0 Å². The Bertz CT molecular complexity index is 737. The summed E-state index contributed by atoms with van der Waals surface area (Å²) in [5, 5.41) is 3.92. The highest BCUT2D eigenvalue weighted by molar-refractivity contribution is 6.31. The first-order valence-electron chi connectivity index (χ1n) is 8.78. The van der Waals surface area contributed by atoms with Gasteiger partial charge in [-0.25, -0.2) is 0 Å². The number of rotatable bonds is 6. The van der Waals surface area contributed by atoms with Gasteiger partial charge in [0.1, 0.15) is 11.5 Å². The van der Waals surface area contributed by atoms with Crippen LogP contribution in [0, 0.1) is 11.3 Å². The molecule has 0 radical (unpaired) electrons. The first-order valence-corrected chi connectivity index (χ1v) is 9.16. The van der Waals surface area contributed by atoms with Crippen LogP contribution >= 0.6 is 11.6 Å². The van der Waals surface area contributed by atoms with Gasteiger partial charge in [-0.1, -0.05) is 43.6 Å². The van der Waals surface area contributed by atoms with Gasteiger partial charge >= 0.3 is 0 Å². The van der Waals surface area contributed by atoms with E-state index in [9.17, 15) is 4.79 Å². The highest BCUT2D eigenvalue weighted by atomic mass is 35.5. The molecule has 0 amide bonds. The number of Topliss-reactive ketones (excluding diaryl/α,β-unsaturated/α-hetero) is 1. The second-order valence-electron chi connectivity index (χ2n) is 7.19. The highest BCUT2D eigenvalue weighted by Gasteiger charge is 2.42. The van der Waals surface area contributed by atoms with Crippen LogP contribution in [0.1, 0.15) is 37.0 Å². The monoisotopic (exact) mass is 357 g/mol. The number of para-hydroxylation sites is 1. The summed E-state index contributed by atoms with van der Waals surface area (Å²) in [6.07, 6.45) is 1.73. The number of halogens is 1. The van der Waals surface area contributed by atoms with Gasteiger partial charge in [0.15, 0.2) is 5.78 Å². The summed E-state index contributed by atoms with van der Waals surface area (Å²) in [5.74, 6) is 1.82. The van der Waals surface area contributed by atoms with Crippen molar-refractivity contribution in [2.45, 2.75) is 26.7 Å². The maximum Gasteiger partial charge on any atom is 0.174 e. The Morgan fingerprint density at radius 2 is 2.00 bits per heavy atom. The Hall–Kier alpha value is -1.84. The first kappa shape index (κ1) is 18.0. The van der Waals surface area contributed by atoms with Crippen molar-refractivity contribution < 1.29 is 9.53 Å². The number of nitrogens with one attached hydrogen (secondary N) is 1. The lowest BCUT2D eigenvalue weighted by atomic mass is 9.73. The molecule has 0 aliphatic carbocycles. The summed E-state index contributed by atoms with van der Waals surface area (Å²) < 4.78 is 6.00. The van der Waals surface area contributed by atoms with Crippen LogP contribution in [0.3, 0.4) is 0 Å². The quantitative estimate of drug-likeness (QED) is 0.709. The minimum Gasteiger partial charge on any atom is -0.457 e. The second kappa shape index (κ2) is 7.59. The van der Waals surface area contributed by atoms with E-state index in [1.54, 1.807) is 18.2 Å². The summed E-state index contributed by atoms with van der Waals surface area (Å²) in [6, 6.07) is 14.8. The van der Waals surface area contributed by atoms with Gasteiger partial charge in [0.25, 0.3) is 0 Å². The van der Waals surface area contributed by atoms with Crippen LogP contribution < -0.4 is 10.1 Å². The van der Waals surface area contributed by atoms with Gasteiger partial charge in [0.2, 0.25) is 0 Å². The maximum atomic E-state index is 13.5. The zero-order valence-corrected chi connectivity index (χ0v) is 15.5. The van der Waals surface area contributed by atoms with Crippen LogP contribution in [0.4, 0.5) is 0 Å². The molecule has 1 atom stereocenters. The molecule has 1 saturated heterocycles. The van der Waals surface area contributed by atoms with Crippen molar-refractivity contribution in [1.82, 2.24) is 5.32 Å². The summed E-state index contributed by atoms with van der Waals surface area (Å²) in [6.45, 7) is 5.92. The maximum absolute atomic E-state index is 13.5. The standard InChI is InChI=1S/C21H24ClNO2/c1-15(2)13-21(10-11-23-14-21)20(24)18-9-8-16(22)12-19(18)25-17-6-4-3-5-7-17/h3-9,12,15,23H,10-11,13-14H2,1-2H3. The van der Waals surface area contributed by atoms with E-state index in [1.165, 1.54) is 0 Å². The SMILES string of the molecule is CC(C)CC1(C(=O)c2ccc(Cl)cc2Oc2ccccc2)CCNC1. The molecule has 1 heterocycles. The zero-order valence-electron chi connectivity index (χ0n) is 14.7. The van der Waals surface area contributed by atoms with Crippen molar-refractivity contribution in [3.63, 3.8) is 0 Å². The lowest BCUT2D eigenvalue weighted by molar-refractivity contribution is 0.0779. The number of hydrogen-bond acceptors (Lipinski definition) is 3. The predicted molar refractivity (Wildman–Crippen MR) is 102 cm³/mol. The van der Waals surface area contributed by atoms with Crippen LogP contribution in [0.2, 0.25) is 5.02 Å². The molecule has 1 aliphatic rings. The number of carbonyl (C=O) groups is 1. The Morgan fingerprint density at radius 1 is 1.24 bits per heavy atom. The smallest absolute Gasteiger partial charge is 0.174 e. The molecule has 0 aromatic heterocycles. The molecular formula is C21H24ClNO2. The molecule has 1 N–H and O–H groups in total. The lowest BCUT2D eigenvalue weighted by Crippen LogP contribution is -2.35. The molecule has 3 nitrogen and oxygen atoms in total. The number of ether oxygens (including phenoxy) is 1. The molecule has 3 rings (SSSR count). The second-order valence-corrected chi connectivity index (χ2v) is 7.63. The average Bonchev–Trinajstić information content (AvgIpc) is 3.04. The Labute approximate surface area is 154 Å². The van der Waals surface area contributed by atoms with Crippen molar-refractivity contribution in [3.05, 3.63) is 59.1 Å². The molecule has 25 heavy (non-hydrogen) atoms. The van der Waals surface area contributed by atoms with Crippen LogP contribution in [-0.4, -0.2) is 18.9 Å². The number of benzene rings is 2. The van der Waals surface area contributed by atoms with Crippen LogP contribution in [0.15, 0.2) is 48.5 Å². The fourth-order valence-corrected chi connectivity index (χ4v) is 3.82. The third-order valence-electron chi connectivity index (χ3n) is 4.68. The van der Waals surface area contributed by atoms with Crippen LogP contribution in [-0.2, 0) is 0 Å². The molecule has 0 saturated carbocycles. The number of carbonyl (C=O) groups excluding carboxylic acids is 1. The molecule has 2 aromatic rings. The lowest BCUT2D eigenvalue weighted by Gasteiger charge is -2.29. The van der Waals surface area contributed by atoms with Crippen molar-refractivity contribution in [1.29, 1.82) is 0 Å². The molecule has 4 heteroatoms. The van der Waals surface area contributed by atoms with Gasteiger partial charge in [0, 0.05) is 23.0 Å². The Morgan fingerprint density at radius 3 is 2.64 bits per heavy atom. The topological polar surface area (TPSA) is 38.3 Å². The van der Waals surface area contributed by atoms with Gasteiger partial charge in [-0.2, -0.15) is 0 Å². The van der Waals surface area contributed by atoms with E-state index in [4.69, 9.17) is 16.3 Å². The minimum absolute atomic E-state index is 0.147. The van der Waals surface area contributed by atoms with Gasteiger partial charge in [-0.15, -0.1) is 0 Å². The highest BCUT2D eigenvalue weighted by Crippen LogP contribution is 2.40. The van der Waals surface area contributed by atoms with E-state index in [2.05, 4.69) is 19.2 Å². The molecule has 1 fully saturated rings. The van der Waals surface area contributed by atoms with E-state index >= 15 is 0 Å². The van der Waals surface area contributed by atoms with Crippen molar-refractivity contribution in [3.8, 4) is 11.5 Å². The van der Waals surface area contributed by atoms with E-state index < -0.39 is 0 Å². The summed E-state index contributed by atoms with van der Waals surface area (Å²) >= 11 is 6.16. The summed E-state index contributed by atoms with van der Waals surface area (Å²) in [4.78, 5) is 13.5. The zero-order chi connectivity index (χ0) is 17.9. The molecular weight excluding hydrogens is 334 g/mol. The molecule has 1 unspecified atom stereocenters. The fourth-order valence-electron chi connectivity index (χ4n) is 3.66. The van der Waals surface area contributed by atoms with Crippen molar-refractivity contribution >= 4 is 17.4 Å². The van der Waals surface area contributed by atoms with Gasteiger partial charge in [0.05, 0.1) is 5.56 Å². The average molecular weight is 358 g/mol. The van der Waals surface area contributed by atoms with E-state index in [-0.39, 0.29) is 11.2 Å². The Kier molecular flexibility index (Phi) is 5.45. The summed E-state index contributed by atoms with van der Waals surface area (Å²) in [5.41, 5.74) is 0.245. The number of hydrogen-bond donors (Lipinski definition) is 1. The number of ketones is 1. The normalized spacial score (nSPS) is 20.0. The molecule has 0 bridgehead atoms. The third kappa shape index (κ3) is 4.05. The molecule has 1 aliphatic heterocycles. The van der Waals surface area contributed by atoms with Gasteiger partial charge in [-0.3, -0.25) is 4.79 Å².